The van der Waals surface area contributed by atoms with E-state index in [1.165, 1.54) is 22.9 Å². The second kappa shape index (κ2) is 7.71. The molecule has 1 amide bonds. The van der Waals surface area contributed by atoms with Crippen molar-refractivity contribution >= 4 is 23.4 Å². The van der Waals surface area contributed by atoms with Crippen molar-refractivity contribution in [3.05, 3.63) is 52.2 Å². The molecule has 25 heavy (non-hydrogen) atoms. The fourth-order valence-corrected chi connectivity index (χ4v) is 3.84. The van der Waals surface area contributed by atoms with E-state index in [-0.39, 0.29) is 5.91 Å². The van der Waals surface area contributed by atoms with Crippen molar-refractivity contribution in [2.45, 2.75) is 44.6 Å². The van der Waals surface area contributed by atoms with Crippen LogP contribution in [0.25, 0.3) is 0 Å². The lowest BCUT2D eigenvalue weighted by atomic mass is 10.1. The summed E-state index contributed by atoms with van der Waals surface area (Å²) in [5.41, 5.74) is 6.13. The van der Waals surface area contributed by atoms with Gasteiger partial charge in [0.15, 0.2) is 0 Å². The van der Waals surface area contributed by atoms with Crippen LogP contribution in [0.3, 0.4) is 0 Å². The molecule has 1 aromatic heterocycles. The van der Waals surface area contributed by atoms with Gasteiger partial charge in [0.2, 0.25) is 5.91 Å². The maximum atomic E-state index is 12.1. The van der Waals surface area contributed by atoms with E-state index in [2.05, 4.69) is 16.4 Å². The van der Waals surface area contributed by atoms with Gasteiger partial charge in [0.05, 0.1) is 5.56 Å². The number of nitrogens with one attached hydrogen (secondary N) is 1. The van der Waals surface area contributed by atoms with Crippen LogP contribution >= 0.6 is 11.8 Å². The molecule has 0 saturated carbocycles. The van der Waals surface area contributed by atoms with Crippen LogP contribution in [0.1, 0.15) is 40.8 Å². The number of nitriles is 1. The molecule has 4 nitrogen and oxygen atoms in total. The predicted octanol–water partition coefficient (Wildman–Crippen LogP) is 4.18. The highest BCUT2D eigenvalue weighted by molar-refractivity contribution is 7.99. The molecule has 0 spiro atoms. The third-order valence-corrected chi connectivity index (χ3v) is 5.49. The highest BCUT2D eigenvalue weighted by Crippen LogP contribution is 2.28. The zero-order valence-corrected chi connectivity index (χ0v) is 15.4. The molecule has 1 aliphatic carbocycles. The topological polar surface area (TPSA) is 65.8 Å². The maximum Gasteiger partial charge on any atom is 0.225 e. The Morgan fingerprint density at radius 3 is 2.88 bits per heavy atom. The van der Waals surface area contributed by atoms with E-state index in [4.69, 9.17) is 0 Å². The van der Waals surface area contributed by atoms with Crippen LogP contribution in [0, 0.1) is 25.2 Å². The lowest BCUT2D eigenvalue weighted by molar-refractivity contribution is -0.115. The summed E-state index contributed by atoms with van der Waals surface area (Å²) in [6, 6.07) is 10.1. The number of thioether (sulfide) groups is 1. The van der Waals surface area contributed by atoms with Crippen molar-refractivity contribution in [3.63, 3.8) is 0 Å². The molecule has 1 aliphatic rings. The van der Waals surface area contributed by atoms with Crippen LogP contribution in [-0.2, 0) is 17.6 Å². The fraction of sp³-hybridized carbons (Fsp3) is 0.350. The van der Waals surface area contributed by atoms with Crippen molar-refractivity contribution in [3.8, 4) is 6.07 Å². The lowest BCUT2D eigenvalue weighted by Gasteiger charge is -2.09. The predicted molar refractivity (Wildman–Crippen MR) is 101 cm³/mol. The average molecular weight is 351 g/mol. The number of aryl methyl sites for hydroxylation is 4. The molecular weight excluding hydrogens is 330 g/mol. The summed E-state index contributed by atoms with van der Waals surface area (Å²) in [7, 11) is 0. The van der Waals surface area contributed by atoms with E-state index in [0.717, 1.165) is 41.2 Å². The normalized spacial score (nSPS) is 12.5. The average Bonchev–Trinajstić information content (AvgIpc) is 3.04. The minimum Gasteiger partial charge on any atom is -0.326 e. The first-order chi connectivity index (χ1) is 12.1. The number of hydrogen-bond donors (Lipinski definition) is 1. The van der Waals surface area contributed by atoms with Gasteiger partial charge in [0, 0.05) is 23.6 Å². The molecule has 5 heteroatoms. The third-order valence-electron chi connectivity index (χ3n) is 4.49. The molecule has 2 aromatic rings. The Morgan fingerprint density at radius 1 is 1.28 bits per heavy atom. The molecule has 0 atom stereocenters. The number of nitrogens with zero attached hydrogens (tertiary/aromatic N) is 2. The van der Waals surface area contributed by atoms with Crippen LogP contribution in [0.2, 0.25) is 0 Å². The van der Waals surface area contributed by atoms with Crippen molar-refractivity contribution in [1.29, 1.82) is 5.26 Å². The zero-order valence-electron chi connectivity index (χ0n) is 14.6. The Labute approximate surface area is 152 Å². The number of rotatable bonds is 5. The molecule has 128 valence electrons. The van der Waals surface area contributed by atoms with E-state index < -0.39 is 0 Å². The van der Waals surface area contributed by atoms with Crippen molar-refractivity contribution in [2.75, 3.05) is 11.1 Å². The summed E-state index contributed by atoms with van der Waals surface area (Å²) in [6.45, 7) is 4.08. The minimum atomic E-state index is -0.0181. The van der Waals surface area contributed by atoms with Crippen LogP contribution < -0.4 is 5.32 Å². The van der Waals surface area contributed by atoms with Gasteiger partial charge in [-0.05, 0) is 68.0 Å². The number of benzene rings is 1. The molecule has 0 saturated heterocycles. The highest BCUT2D eigenvalue weighted by atomic mass is 32.2. The number of anilines is 1. The lowest BCUT2D eigenvalue weighted by Crippen LogP contribution is -2.12. The highest BCUT2D eigenvalue weighted by Gasteiger charge is 2.17. The monoisotopic (exact) mass is 351 g/mol. The van der Waals surface area contributed by atoms with E-state index in [9.17, 15) is 10.1 Å². The standard InChI is InChI=1S/C20H21N3OS/c1-13-6-7-17(10-14(13)2)22-19(24)8-9-25-20-16(12-21)11-15-4-3-5-18(15)23-20/h6-7,10-11H,3-5,8-9H2,1-2H3,(H,22,24). The van der Waals surface area contributed by atoms with E-state index >= 15 is 0 Å². The fourth-order valence-electron chi connectivity index (χ4n) is 2.93. The van der Waals surface area contributed by atoms with Crippen molar-refractivity contribution in [1.82, 2.24) is 4.98 Å². The third kappa shape index (κ3) is 4.21. The summed E-state index contributed by atoms with van der Waals surface area (Å²) in [5.74, 6) is 0.590. The molecule has 0 unspecified atom stereocenters. The number of aromatic nitrogens is 1. The van der Waals surface area contributed by atoms with Crippen LogP contribution in [0.4, 0.5) is 5.69 Å². The summed E-state index contributed by atoms with van der Waals surface area (Å²) >= 11 is 1.49. The summed E-state index contributed by atoms with van der Waals surface area (Å²) in [5, 5.41) is 13.0. The first kappa shape index (κ1) is 17.5. The molecule has 1 N–H and O–H groups in total. The van der Waals surface area contributed by atoms with Gasteiger partial charge in [0.1, 0.15) is 11.1 Å². The van der Waals surface area contributed by atoms with Gasteiger partial charge < -0.3 is 5.32 Å². The van der Waals surface area contributed by atoms with Gasteiger partial charge >= 0.3 is 0 Å². The zero-order chi connectivity index (χ0) is 17.8. The molecule has 0 aliphatic heterocycles. The van der Waals surface area contributed by atoms with Crippen LogP contribution in [0.5, 0.6) is 0 Å². The van der Waals surface area contributed by atoms with Gasteiger partial charge in [-0.1, -0.05) is 6.07 Å². The van der Waals surface area contributed by atoms with Gasteiger partial charge in [-0.3, -0.25) is 4.79 Å². The van der Waals surface area contributed by atoms with Gasteiger partial charge in [-0.2, -0.15) is 5.26 Å². The molecule has 0 bridgehead atoms. The first-order valence-electron chi connectivity index (χ1n) is 8.49. The van der Waals surface area contributed by atoms with E-state index in [0.29, 0.717) is 17.7 Å². The molecule has 0 radical (unpaired) electrons. The number of carbonyl (C=O) groups excluding carboxylic acids is 1. The molecule has 3 rings (SSSR count). The summed E-state index contributed by atoms with van der Waals surface area (Å²) in [4.78, 5) is 16.8. The van der Waals surface area contributed by atoms with Crippen LogP contribution in [-0.4, -0.2) is 16.6 Å². The second-order valence-corrected chi connectivity index (χ2v) is 7.44. The van der Waals surface area contributed by atoms with E-state index in [1.807, 2.05) is 38.1 Å². The van der Waals surface area contributed by atoms with Gasteiger partial charge in [-0.25, -0.2) is 4.98 Å². The number of pyridine rings is 1. The number of amides is 1. The molecule has 1 heterocycles. The van der Waals surface area contributed by atoms with E-state index in [1.54, 1.807) is 0 Å². The quantitative estimate of drug-likeness (QED) is 0.821. The Bertz CT molecular complexity index is 855. The number of hydrogen-bond acceptors (Lipinski definition) is 4. The maximum absolute atomic E-state index is 12.1. The van der Waals surface area contributed by atoms with Gasteiger partial charge in [0.25, 0.3) is 0 Å². The Balaban J connectivity index is 1.57. The second-order valence-electron chi connectivity index (χ2n) is 6.36. The number of carbonyl (C=O) groups is 1. The van der Waals surface area contributed by atoms with Crippen molar-refractivity contribution < 1.29 is 4.79 Å². The summed E-state index contributed by atoms with van der Waals surface area (Å²) in [6.07, 6.45) is 3.50. The Hall–Kier alpha value is -2.32. The number of fused-ring (bicyclic) bond motifs is 1. The molecule has 0 fully saturated rings. The first-order valence-corrected chi connectivity index (χ1v) is 9.48. The smallest absolute Gasteiger partial charge is 0.225 e. The molecular formula is C20H21N3OS. The van der Waals surface area contributed by atoms with Crippen molar-refractivity contribution in [2.24, 2.45) is 0 Å². The summed E-state index contributed by atoms with van der Waals surface area (Å²) < 4.78 is 0. The minimum absolute atomic E-state index is 0.0181. The SMILES string of the molecule is Cc1ccc(NC(=O)CCSc2nc3c(cc2C#N)CCC3)cc1C. The van der Waals surface area contributed by atoms with Crippen LogP contribution in [0.15, 0.2) is 29.3 Å². The largest absolute Gasteiger partial charge is 0.326 e. The van der Waals surface area contributed by atoms with Gasteiger partial charge in [-0.15, -0.1) is 11.8 Å². The molecule has 1 aromatic carbocycles. The Kier molecular flexibility index (Phi) is 5.40. The Morgan fingerprint density at radius 2 is 2.12 bits per heavy atom.